The molecule has 1 fully saturated rings. The lowest BCUT2D eigenvalue weighted by molar-refractivity contribution is 0.0940. The molecule has 1 aliphatic rings. The van der Waals surface area contributed by atoms with Crippen LogP contribution in [-0.2, 0) is 6.54 Å². The number of rotatable bonds is 7. The first kappa shape index (κ1) is 20.0. The summed E-state index contributed by atoms with van der Waals surface area (Å²) < 4.78 is 7.53. The van der Waals surface area contributed by atoms with Gasteiger partial charge in [-0.25, -0.2) is 0 Å². The fourth-order valence-electron chi connectivity index (χ4n) is 4.22. The van der Waals surface area contributed by atoms with Crippen LogP contribution in [0.2, 0.25) is 5.02 Å². The van der Waals surface area contributed by atoms with E-state index in [9.17, 15) is 4.79 Å². The molecular weight excluding hydrogens is 386 g/mol. The van der Waals surface area contributed by atoms with Gasteiger partial charge in [0, 0.05) is 42.8 Å². The number of fused-ring (bicyclic) bond motifs is 1. The minimum absolute atomic E-state index is 0.0647. The van der Waals surface area contributed by atoms with Crippen molar-refractivity contribution >= 4 is 28.6 Å². The van der Waals surface area contributed by atoms with Gasteiger partial charge in [0.2, 0.25) is 0 Å². The van der Waals surface area contributed by atoms with Gasteiger partial charge in [-0.1, -0.05) is 30.2 Å². The summed E-state index contributed by atoms with van der Waals surface area (Å²) >= 11 is 6.13. The van der Waals surface area contributed by atoms with Gasteiger partial charge in [-0.2, -0.15) is 0 Å². The maximum Gasteiger partial charge on any atom is 0.268 e. The number of benzene rings is 1. The molecule has 0 bridgehead atoms. The molecule has 1 aromatic carbocycles. The molecule has 1 aliphatic heterocycles. The second-order valence-corrected chi connectivity index (χ2v) is 8.34. The van der Waals surface area contributed by atoms with E-state index >= 15 is 0 Å². The van der Waals surface area contributed by atoms with Gasteiger partial charge < -0.3 is 19.2 Å². The predicted molar refractivity (Wildman–Crippen MR) is 117 cm³/mol. The molecule has 6 heteroatoms. The quantitative estimate of drug-likeness (QED) is 0.558. The summed E-state index contributed by atoms with van der Waals surface area (Å²) in [6.07, 6.45) is 6.51. The van der Waals surface area contributed by atoms with Crippen molar-refractivity contribution in [2.75, 3.05) is 19.6 Å². The van der Waals surface area contributed by atoms with Gasteiger partial charge in [0.25, 0.3) is 5.91 Å². The Morgan fingerprint density at radius 1 is 1.28 bits per heavy atom. The maximum atomic E-state index is 12.9. The molecule has 0 spiro atoms. The third kappa shape index (κ3) is 4.68. The second-order valence-electron chi connectivity index (χ2n) is 7.91. The van der Waals surface area contributed by atoms with E-state index in [-0.39, 0.29) is 5.91 Å². The van der Waals surface area contributed by atoms with Gasteiger partial charge in [-0.05, 0) is 50.4 Å². The van der Waals surface area contributed by atoms with Crippen molar-refractivity contribution in [1.29, 1.82) is 0 Å². The number of amides is 1. The zero-order valence-electron chi connectivity index (χ0n) is 16.9. The van der Waals surface area contributed by atoms with Crippen molar-refractivity contribution in [1.82, 2.24) is 14.8 Å². The Kier molecular flexibility index (Phi) is 6.26. The molecule has 1 unspecified atom stereocenters. The number of likely N-dealkylation sites (tertiary alicyclic amines) is 1. The van der Waals surface area contributed by atoms with Gasteiger partial charge in [-0.3, -0.25) is 4.79 Å². The SMILES string of the molecule is CC1CCCCN1CCCNC(=O)c1cc2occc2n1Cc1cccc(Cl)c1. The van der Waals surface area contributed by atoms with E-state index in [2.05, 4.69) is 17.1 Å². The van der Waals surface area contributed by atoms with Crippen molar-refractivity contribution in [2.24, 2.45) is 0 Å². The number of piperidine rings is 1. The largest absolute Gasteiger partial charge is 0.463 e. The average molecular weight is 414 g/mol. The molecule has 1 atom stereocenters. The first-order valence-corrected chi connectivity index (χ1v) is 10.8. The Morgan fingerprint density at radius 3 is 3.00 bits per heavy atom. The monoisotopic (exact) mass is 413 g/mol. The normalized spacial score (nSPS) is 17.7. The van der Waals surface area contributed by atoms with Gasteiger partial charge >= 0.3 is 0 Å². The number of carbonyl (C=O) groups is 1. The smallest absolute Gasteiger partial charge is 0.268 e. The van der Waals surface area contributed by atoms with Crippen LogP contribution in [0.1, 0.15) is 48.7 Å². The molecule has 2 aromatic heterocycles. The standard InChI is InChI=1S/C23H28ClN3O2/c1-17-6-2-3-11-26(17)12-5-10-25-23(28)21-15-22-20(9-13-29-22)27(21)16-18-7-4-8-19(24)14-18/h4,7-9,13-15,17H,2-3,5-6,10-12,16H2,1H3,(H,25,28). The van der Waals surface area contributed by atoms with E-state index in [1.54, 1.807) is 6.26 Å². The maximum absolute atomic E-state index is 12.9. The number of nitrogens with one attached hydrogen (secondary N) is 1. The molecule has 154 valence electrons. The van der Waals surface area contributed by atoms with Gasteiger partial charge in [0.05, 0.1) is 11.8 Å². The Bertz CT molecular complexity index is 978. The molecule has 3 aromatic rings. The van der Waals surface area contributed by atoms with Crippen LogP contribution in [0.15, 0.2) is 47.1 Å². The van der Waals surface area contributed by atoms with Crippen LogP contribution >= 0.6 is 11.6 Å². The number of aromatic nitrogens is 1. The third-order valence-corrected chi connectivity index (χ3v) is 6.07. The highest BCUT2D eigenvalue weighted by Gasteiger charge is 2.19. The molecule has 1 saturated heterocycles. The second kappa shape index (κ2) is 9.06. The van der Waals surface area contributed by atoms with Crippen molar-refractivity contribution < 1.29 is 9.21 Å². The summed E-state index contributed by atoms with van der Waals surface area (Å²) in [5.74, 6) is -0.0647. The van der Waals surface area contributed by atoms with Gasteiger partial charge in [0.1, 0.15) is 5.69 Å². The molecule has 1 amide bonds. The summed E-state index contributed by atoms with van der Waals surface area (Å²) in [5.41, 5.74) is 3.30. The Balaban J connectivity index is 1.41. The molecule has 0 radical (unpaired) electrons. The minimum Gasteiger partial charge on any atom is -0.463 e. The summed E-state index contributed by atoms with van der Waals surface area (Å²) in [6.45, 7) is 5.75. The van der Waals surface area contributed by atoms with Crippen LogP contribution in [0.25, 0.3) is 11.1 Å². The lowest BCUT2D eigenvalue weighted by atomic mass is 10.0. The minimum atomic E-state index is -0.0647. The van der Waals surface area contributed by atoms with E-state index in [1.807, 2.05) is 41.0 Å². The lowest BCUT2D eigenvalue weighted by Gasteiger charge is -2.33. The summed E-state index contributed by atoms with van der Waals surface area (Å²) in [4.78, 5) is 15.4. The topological polar surface area (TPSA) is 50.4 Å². The average Bonchev–Trinajstić information content (AvgIpc) is 3.29. The van der Waals surface area contributed by atoms with E-state index < -0.39 is 0 Å². The molecule has 29 heavy (non-hydrogen) atoms. The van der Waals surface area contributed by atoms with Crippen LogP contribution in [0.5, 0.6) is 0 Å². The van der Waals surface area contributed by atoms with Gasteiger partial charge in [-0.15, -0.1) is 0 Å². The van der Waals surface area contributed by atoms with E-state index in [0.29, 0.717) is 29.8 Å². The zero-order chi connectivity index (χ0) is 20.2. The first-order chi connectivity index (χ1) is 14.1. The first-order valence-electron chi connectivity index (χ1n) is 10.5. The van der Waals surface area contributed by atoms with E-state index in [0.717, 1.165) is 29.6 Å². The van der Waals surface area contributed by atoms with Crippen LogP contribution in [-0.4, -0.2) is 41.1 Å². The van der Waals surface area contributed by atoms with Crippen LogP contribution < -0.4 is 5.32 Å². The van der Waals surface area contributed by atoms with Gasteiger partial charge in [0.15, 0.2) is 5.58 Å². The zero-order valence-corrected chi connectivity index (χ0v) is 17.6. The fraction of sp³-hybridized carbons (Fsp3) is 0.435. The van der Waals surface area contributed by atoms with Crippen molar-refractivity contribution in [2.45, 2.75) is 45.2 Å². The number of halogens is 1. The number of carbonyl (C=O) groups excluding carboxylic acids is 1. The van der Waals surface area contributed by atoms with Crippen molar-refractivity contribution in [3.63, 3.8) is 0 Å². The summed E-state index contributed by atoms with van der Waals surface area (Å²) in [6, 6.07) is 12.1. The van der Waals surface area contributed by atoms with Crippen LogP contribution in [0.4, 0.5) is 0 Å². The van der Waals surface area contributed by atoms with Crippen molar-refractivity contribution in [3.8, 4) is 0 Å². The number of nitrogens with zero attached hydrogens (tertiary/aromatic N) is 2. The molecule has 4 rings (SSSR count). The molecular formula is C23H28ClN3O2. The predicted octanol–water partition coefficient (Wildman–Crippen LogP) is 4.93. The van der Waals surface area contributed by atoms with Crippen molar-refractivity contribution in [3.05, 3.63) is 58.9 Å². The van der Waals surface area contributed by atoms with E-state index in [4.69, 9.17) is 16.0 Å². The highest BCUT2D eigenvalue weighted by atomic mass is 35.5. The summed E-state index contributed by atoms with van der Waals surface area (Å²) in [5, 5.41) is 3.78. The highest BCUT2D eigenvalue weighted by Crippen LogP contribution is 2.23. The summed E-state index contributed by atoms with van der Waals surface area (Å²) in [7, 11) is 0. The van der Waals surface area contributed by atoms with E-state index in [1.165, 1.54) is 25.8 Å². The lowest BCUT2D eigenvalue weighted by Crippen LogP contribution is -2.39. The highest BCUT2D eigenvalue weighted by molar-refractivity contribution is 6.30. The molecule has 3 heterocycles. The number of hydrogen-bond donors (Lipinski definition) is 1. The number of hydrogen-bond acceptors (Lipinski definition) is 3. The molecule has 1 N–H and O–H groups in total. The molecule has 0 saturated carbocycles. The fourth-order valence-corrected chi connectivity index (χ4v) is 4.43. The van der Waals surface area contributed by atoms with Crippen LogP contribution in [0, 0.1) is 0 Å². The van der Waals surface area contributed by atoms with Crippen LogP contribution in [0.3, 0.4) is 0 Å². The Hall–Kier alpha value is -2.24. The Morgan fingerprint density at radius 2 is 2.17 bits per heavy atom. The Labute approximate surface area is 176 Å². The molecule has 0 aliphatic carbocycles. The molecule has 5 nitrogen and oxygen atoms in total. The number of furan rings is 1. The third-order valence-electron chi connectivity index (χ3n) is 5.83.